The van der Waals surface area contributed by atoms with Crippen molar-refractivity contribution in [2.75, 3.05) is 0 Å². The molecule has 0 N–H and O–H groups in total. The van der Waals surface area contributed by atoms with Crippen molar-refractivity contribution in [3.63, 3.8) is 0 Å². The van der Waals surface area contributed by atoms with E-state index in [4.69, 9.17) is 14.7 Å². The maximum Gasteiger partial charge on any atom is 0.269 e. The second-order valence-corrected chi connectivity index (χ2v) is 24.9. The van der Waals surface area contributed by atoms with Gasteiger partial charge >= 0.3 is 0 Å². The summed E-state index contributed by atoms with van der Waals surface area (Å²) in [5, 5.41) is 7.50. The largest absolute Gasteiger partial charge is 0.522 e. The molecule has 0 atom stereocenters. The van der Waals surface area contributed by atoms with E-state index >= 15 is 0 Å². The first-order chi connectivity index (χ1) is 36.0. The number of hydrogen-bond acceptors (Lipinski definition) is 3. The first-order valence-corrected chi connectivity index (χ1v) is 27.3. The second kappa shape index (κ2) is 19.7. The Hall–Kier alpha value is -7.96. The molecule has 370 valence electrons. The van der Waals surface area contributed by atoms with Gasteiger partial charge in [0.1, 0.15) is 5.82 Å². The molecular formula is C67H55N5OPtSi-2. The van der Waals surface area contributed by atoms with Crippen LogP contribution in [0.5, 0.6) is 11.5 Å². The van der Waals surface area contributed by atoms with E-state index in [1.165, 1.54) is 31.9 Å². The first-order valence-electron chi connectivity index (χ1n) is 25.3. The average Bonchev–Trinajstić information content (AvgIpc) is 3.98. The van der Waals surface area contributed by atoms with E-state index in [0.717, 1.165) is 55.5 Å². The number of imidazole rings is 1. The van der Waals surface area contributed by atoms with Crippen molar-refractivity contribution in [1.82, 2.24) is 19.1 Å². The number of nitrogens with zero attached hydrogens (tertiary/aromatic N) is 5. The molecule has 0 amide bonds. The number of rotatable bonds is 10. The maximum absolute atomic E-state index is 6.68. The van der Waals surface area contributed by atoms with Crippen molar-refractivity contribution < 1.29 is 30.4 Å². The molecule has 0 radical (unpaired) electrons. The molecule has 6 nitrogen and oxygen atoms in total. The van der Waals surface area contributed by atoms with Gasteiger partial charge < -0.3 is 9.30 Å². The van der Waals surface area contributed by atoms with Crippen molar-refractivity contribution in [1.29, 1.82) is 0 Å². The Balaban J connectivity index is 0.00000602. The van der Waals surface area contributed by atoms with Crippen molar-refractivity contribution in [2.45, 2.75) is 52.4 Å². The van der Waals surface area contributed by atoms with Crippen LogP contribution in [0.25, 0.3) is 61.3 Å². The predicted molar refractivity (Wildman–Crippen MR) is 304 cm³/mol. The molecule has 4 heterocycles. The Morgan fingerprint density at radius 1 is 0.507 bits per heavy atom. The van der Waals surface area contributed by atoms with Crippen LogP contribution >= 0.6 is 0 Å². The number of fused-ring (bicyclic) bond motifs is 4. The molecule has 0 aliphatic rings. The van der Waals surface area contributed by atoms with Crippen LogP contribution < -0.4 is 30.1 Å². The van der Waals surface area contributed by atoms with Gasteiger partial charge in [-0.25, -0.2) is 4.98 Å². The molecular weight excluding hydrogens is 1110 g/mol. The van der Waals surface area contributed by atoms with Gasteiger partial charge in [-0.1, -0.05) is 229 Å². The fraction of sp³-hybridized carbons (Fsp3) is 0.119. The van der Waals surface area contributed by atoms with Crippen molar-refractivity contribution in [3.05, 3.63) is 254 Å². The summed E-state index contributed by atoms with van der Waals surface area (Å²) in [5.74, 6) is 2.46. The van der Waals surface area contributed by atoms with Gasteiger partial charge in [-0.15, -0.1) is 17.5 Å². The van der Waals surface area contributed by atoms with Crippen LogP contribution in [0.15, 0.2) is 225 Å². The number of para-hydroxylation sites is 4. The maximum atomic E-state index is 6.68. The number of aromatic nitrogens is 5. The second-order valence-electron chi connectivity index (χ2n) is 21.1. The Labute approximate surface area is 454 Å². The number of hydrogen-bond donors (Lipinski definition) is 0. The molecule has 0 fully saturated rings. The Morgan fingerprint density at radius 3 is 1.79 bits per heavy atom. The SMILES string of the molecule is CC(C)(C)c1ccnc(-n2c3[c-]c(Oc4[c-]c(-n5[c-][n+](-c6c(-c7cccc([Si](c8ccccc8)(c8ccccc8)c8ccccc8)c7)cccc6C(C)(C)C)c6ccccc65)ncc4)ccc3c3ccccc32)c1.[Pt]. The van der Waals surface area contributed by atoms with E-state index < -0.39 is 8.07 Å². The Bertz CT molecular complexity index is 3930. The third-order valence-corrected chi connectivity index (χ3v) is 19.1. The van der Waals surface area contributed by atoms with Gasteiger partial charge in [0.25, 0.3) is 6.33 Å². The van der Waals surface area contributed by atoms with E-state index in [2.05, 4.69) is 269 Å². The van der Waals surface area contributed by atoms with Gasteiger partial charge in [0.2, 0.25) is 0 Å². The van der Waals surface area contributed by atoms with Crippen molar-refractivity contribution >= 4 is 61.7 Å². The van der Waals surface area contributed by atoms with Crippen LogP contribution in [0.2, 0.25) is 0 Å². The molecule has 0 spiro atoms. The zero-order chi connectivity index (χ0) is 50.6. The summed E-state index contributed by atoms with van der Waals surface area (Å²) in [6.07, 6.45) is 7.48. The molecule has 0 saturated carbocycles. The summed E-state index contributed by atoms with van der Waals surface area (Å²) in [5.41, 5.74) is 9.29. The van der Waals surface area contributed by atoms with Gasteiger partial charge in [-0.2, -0.15) is 18.2 Å². The molecule has 12 rings (SSSR count). The summed E-state index contributed by atoms with van der Waals surface area (Å²) in [6, 6.07) is 83.6. The van der Waals surface area contributed by atoms with E-state index in [0.29, 0.717) is 17.3 Å². The van der Waals surface area contributed by atoms with Gasteiger partial charge in [0.05, 0.1) is 22.5 Å². The molecule has 0 saturated heterocycles. The molecule has 0 bridgehead atoms. The Kier molecular flexibility index (Phi) is 12.9. The first kappa shape index (κ1) is 49.3. The summed E-state index contributed by atoms with van der Waals surface area (Å²) >= 11 is 0. The summed E-state index contributed by atoms with van der Waals surface area (Å²) in [7, 11) is -2.83. The van der Waals surface area contributed by atoms with E-state index in [9.17, 15) is 0 Å². The molecule has 75 heavy (non-hydrogen) atoms. The number of ether oxygens (including phenoxy) is 1. The van der Waals surface area contributed by atoms with Crippen molar-refractivity contribution in [3.8, 4) is 39.9 Å². The van der Waals surface area contributed by atoms with Crippen LogP contribution in [-0.2, 0) is 31.9 Å². The zero-order valence-corrected chi connectivity index (χ0v) is 46.1. The average molecular weight is 1170 g/mol. The number of pyridine rings is 2. The van der Waals surface area contributed by atoms with Gasteiger partial charge in [0.15, 0.2) is 8.07 Å². The van der Waals surface area contributed by atoms with Crippen LogP contribution in [0, 0.1) is 18.5 Å². The minimum absolute atomic E-state index is 0. The standard InChI is InChI=1S/C67H55N5OSi.Pt/c1-66(2,3)48-38-40-69-64(43-48)72-59-33-17-16-30-56(59)57-37-36-49(44-62(57)72)73-50-39-41-68-63(45-50)70-46-71(61-35-19-18-34-60(61)70)65-55(31-21-32-58(65)67(4,5)6)47-22-20-29-54(42-47)74(51-23-10-7-11-24-51,52-25-12-8-13-26-52)53-27-14-9-15-28-53;/h7-43H,1-6H3;/q-2;. The van der Waals surface area contributed by atoms with Gasteiger partial charge in [0, 0.05) is 38.5 Å². The fourth-order valence-corrected chi connectivity index (χ4v) is 15.6. The minimum atomic E-state index is -2.83. The topological polar surface area (TPSA) is 48.8 Å². The van der Waals surface area contributed by atoms with E-state index in [1.54, 1.807) is 6.20 Å². The monoisotopic (exact) mass is 1170 g/mol. The molecule has 8 heteroatoms. The summed E-state index contributed by atoms with van der Waals surface area (Å²) in [4.78, 5) is 9.78. The van der Waals surface area contributed by atoms with Crippen molar-refractivity contribution in [2.24, 2.45) is 0 Å². The van der Waals surface area contributed by atoms with Gasteiger partial charge in [-0.3, -0.25) is 14.1 Å². The minimum Gasteiger partial charge on any atom is -0.522 e. The molecule has 0 aliphatic heterocycles. The van der Waals surface area contributed by atoms with Crippen LogP contribution in [-0.4, -0.2) is 27.2 Å². The normalized spacial score (nSPS) is 12.0. The zero-order valence-electron chi connectivity index (χ0n) is 42.8. The summed E-state index contributed by atoms with van der Waals surface area (Å²) in [6.45, 7) is 13.5. The third-order valence-electron chi connectivity index (χ3n) is 14.3. The van der Waals surface area contributed by atoms with Crippen LogP contribution in [0.3, 0.4) is 0 Å². The molecule has 0 aliphatic carbocycles. The molecule has 8 aromatic carbocycles. The fourth-order valence-electron chi connectivity index (χ4n) is 10.8. The van der Waals surface area contributed by atoms with Crippen LogP contribution in [0.4, 0.5) is 0 Å². The summed E-state index contributed by atoms with van der Waals surface area (Å²) < 4.78 is 13.1. The smallest absolute Gasteiger partial charge is 0.269 e. The van der Waals surface area contributed by atoms with E-state index in [-0.39, 0.29) is 31.9 Å². The Morgan fingerprint density at radius 2 is 1.11 bits per heavy atom. The van der Waals surface area contributed by atoms with Gasteiger partial charge in [-0.05, 0) is 83.2 Å². The molecule has 0 unspecified atom stereocenters. The van der Waals surface area contributed by atoms with Crippen LogP contribution in [0.1, 0.15) is 52.7 Å². The van der Waals surface area contributed by atoms with E-state index in [1.807, 2.05) is 22.9 Å². The third kappa shape index (κ3) is 8.84. The quantitative estimate of drug-likeness (QED) is 0.0593. The molecule has 12 aromatic rings. The number of benzene rings is 8. The molecule has 4 aromatic heterocycles. The predicted octanol–water partition coefficient (Wildman–Crippen LogP) is 12.6.